The first-order chi connectivity index (χ1) is 9.69. The minimum atomic E-state index is -0.169. The fourth-order valence-corrected chi connectivity index (χ4v) is 1.86. The van der Waals surface area contributed by atoms with E-state index in [4.69, 9.17) is 4.42 Å². The Morgan fingerprint density at radius 1 is 1.30 bits per heavy atom. The number of benzene rings is 1. The summed E-state index contributed by atoms with van der Waals surface area (Å²) in [6.45, 7) is 4.36. The normalized spacial score (nSPS) is 12.5. The van der Waals surface area contributed by atoms with E-state index in [2.05, 4.69) is 31.3 Å². The van der Waals surface area contributed by atoms with E-state index in [1.807, 2.05) is 12.1 Å². The highest BCUT2D eigenvalue weighted by Crippen LogP contribution is 2.20. The van der Waals surface area contributed by atoms with Crippen LogP contribution in [0.1, 0.15) is 37.5 Å². The van der Waals surface area contributed by atoms with Crippen molar-refractivity contribution in [2.45, 2.75) is 26.2 Å². The first-order valence-electron chi connectivity index (χ1n) is 6.81. The molecule has 1 N–H and O–H groups in total. The summed E-state index contributed by atoms with van der Waals surface area (Å²) >= 11 is 0. The molecule has 0 radical (unpaired) electrons. The molecule has 1 atom stereocenters. The Kier molecular flexibility index (Phi) is 4.77. The molecule has 3 heteroatoms. The van der Waals surface area contributed by atoms with E-state index in [-0.39, 0.29) is 5.91 Å². The van der Waals surface area contributed by atoms with Crippen molar-refractivity contribution in [3.8, 4) is 0 Å². The third-order valence-electron chi connectivity index (χ3n) is 3.30. The summed E-state index contributed by atoms with van der Waals surface area (Å²) in [6.07, 6.45) is 5.78. The Balaban J connectivity index is 1.94. The lowest BCUT2D eigenvalue weighted by molar-refractivity contribution is -0.111. The van der Waals surface area contributed by atoms with Crippen molar-refractivity contribution in [1.82, 2.24) is 0 Å². The van der Waals surface area contributed by atoms with Gasteiger partial charge in [-0.15, -0.1) is 0 Å². The maximum atomic E-state index is 11.7. The van der Waals surface area contributed by atoms with Crippen LogP contribution in [-0.4, -0.2) is 5.91 Å². The zero-order chi connectivity index (χ0) is 14.4. The zero-order valence-corrected chi connectivity index (χ0v) is 11.8. The van der Waals surface area contributed by atoms with Crippen LogP contribution in [-0.2, 0) is 4.79 Å². The van der Waals surface area contributed by atoms with E-state index in [0.717, 1.165) is 12.1 Å². The van der Waals surface area contributed by atoms with Crippen LogP contribution in [0.4, 0.5) is 5.69 Å². The maximum Gasteiger partial charge on any atom is 0.248 e. The number of carbonyl (C=O) groups excluding carboxylic acids is 1. The minimum absolute atomic E-state index is 0.169. The van der Waals surface area contributed by atoms with Gasteiger partial charge in [-0.2, -0.15) is 0 Å². The molecular weight excluding hydrogens is 250 g/mol. The van der Waals surface area contributed by atoms with Crippen molar-refractivity contribution in [3.63, 3.8) is 0 Å². The lowest BCUT2D eigenvalue weighted by Gasteiger charge is -2.09. The largest absolute Gasteiger partial charge is 0.465 e. The number of anilines is 1. The molecule has 3 nitrogen and oxygen atoms in total. The standard InChI is InChI=1S/C17H19NO2/c1-3-13(2)14-6-8-15(9-7-14)18-17(19)11-10-16-5-4-12-20-16/h4-13H,3H2,1-2H3,(H,18,19)/b11-10+/t13-/m1/s1. The van der Waals surface area contributed by atoms with Gasteiger partial charge in [-0.3, -0.25) is 4.79 Å². The molecule has 0 bridgehead atoms. The summed E-state index contributed by atoms with van der Waals surface area (Å²) in [5, 5.41) is 2.82. The van der Waals surface area contributed by atoms with Gasteiger partial charge in [0.2, 0.25) is 5.91 Å². The second-order valence-electron chi connectivity index (χ2n) is 4.77. The smallest absolute Gasteiger partial charge is 0.248 e. The average Bonchev–Trinajstić information content (AvgIpc) is 2.98. The molecule has 1 aromatic heterocycles. The molecule has 0 aliphatic carbocycles. The van der Waals surface area contributed by atoms with Crippen molar-refractivity contribution < 1.29 is 9.21 Å². The lowest BCUT2D eigenvalue weighted by atomic mass is 9.99. The van der Waals surface area contributed by atoms with Crippen LogP contribution in [0.5, 0.6) is 0 Å². The van der Waals surface area contributed by atoms with Crippen molar-refractivity contribution >= 4 is 17.7 Å². The minimum Gasteiger partial charge on any atom is -0.465 e. The van der Waals surface area contributed by atoms with E-state index in [0.29, 0.717) is 11.7 Å². The monoisotopic (exact) mass is 269 g/mol. The summed E-state index contributed by atoms with van der Waals surface area (Å²) in [5.41, 5.74) is 2.09. The number of hydrogen-bond donors (Lipinski definition) is 1. The highest BCUT2D eigenvalue weighted by Gasteiger charge is 2.03. The summed E-state index contributed by atoms with van der Waals surface area (Å²) in [5.74, 6) is 1.03. The molecule has 1 heterocycles. The maximum absolute atomic E-state index is 11.7. The van der Waals surface area contributed by atoms with Crippen molar-refractivity contribution in [2.24, 2.45) is 0 Å². The number of hydrogen-bond acceptors (Lipinski definition) is 2. The molecule has 104 valence electrons. The Labute approximate surface area is 119 Å². The molecule has 1 aromatic carbocycles. The van der Waals surface area contributed by atoms with E-state index in [1.165, 1.54) is 11.6 Å². The van der Waals surface area contributed by atoms with Crippen LogP contribution in [0.3, 0.4) is 0 Å². The molecule has 0 aliphatic rings. The predicted molar refractivity (Wildman–Crippen MR) is 81.5 cm³/mol. The van der Waals surface area contributed by atoms with E-state index >= 15 is 0 Å². The highest BCUT2D eigenvalue weighted by molar-refractivity contribution is 6.01. The van der Waals surface area contributed by atoms with E-state index in [9.17, 15) is 4.79 Å². The quantitative estimate of drug-likeness (QED) is 0.815. The molecule has 0 spiro atoms. The van der Waals surface area contributed by atoms with Gasteiger partial charge in [-0.25, -0.2) is 0 Å². The number of nitrogens with one attached hydrogen (secondary N) is 1. The van der Waals surface area contributed by atoms with Gasteiger partial charge in [0.15, 0.2) is 0 Å². The van der Waals surface area contributed by atoms with Gasteiger partial charge < -0.3 is 9.73 Å². The molecule has 2 rings (SSSR count). The Bertz CT molecular complexity index is 568. The fourth-order valence-electron chi connectivity index (χ4n) is 1.86. The van der Waals surface area contributed by atoms with Crippen LogP contribution in [0.15, 0.2) is 53.2 Å². The van der Waals surface area contributed by atoms with Crippen molar-refractivity contribution in [1.29, 1.82) is 0 Å². The fraction of sp³-hybridized carbons (Fsp3) is 0.235. The van der Waals surface area contributed by atoms with Gasteiger partial charge in [0.1, 0.15) is 5.76 Å². The first kappa shape index (κ1) is 14.1. The Morgan fingerprint density at radius 3 is 2.65 bits per heavy atom. The SMILES string of the molecule is CC[C@@H](C)c1ccc(NC(=O)/C=C/c2ccco2)cc1. The van der Waals surface area contributed by atoms with Gasteiger partial charge in [0.05, 0.1) is 6.26 Å². The molecule has 0 unspecified atom stereocenters. The second kappa shape index (κ2) is 6.75. The summed E-state index contributed by atoms with van der Waals surface area (Å²) in [6, 6.07) is 11.6. The third kappa shape index (κ3) is 3.85. The van der Waals surface area contributed by atoms with E-state index < -0.39 is 0 Å². The molecule has 0 saturated heterocycles. The van der Waals surface area contributed by atoms with Gasteiger partial charge in [0.25, 0.3) is 0 Å². The van der Waals surface area contributed by atoms with Crippen molar-refractivity contribution in [2.75, 3.05) is 5.32 Å². The van der Waals surface area contributed by atoms with Gasteiger partial charge >= 0.3 is 0 Å². The molecule has 2 aromatic rings. The Morgan fingerprint density at radius 2 is 2.05 bits per heavy atom. The average molecular weight is 269 g/mol. The van der Waals surface area contributed by atoms with Crippen LogP contribution in [0.25, 0.3) is 6.08 Å². The lowest BCUT2D eigenvalue weighted by Crippen LogP contribution is -2.07. The molecule has 20 heavy (non-hydrogen) atoms. The first-order valence-corrected chi connectivity index (χ1v) is 6.81. The number of rotatable bonds is 5. The van der Waals surface area contributed by atoms with Gasteiger partial charge in [-0.05, 0) is 48.2 Å². The summed E-state index contributed by atoms with van der Waals surface area (Å²) in [7, 11) is 0. The predicted octanol–water partition coefficient (Wildman–Crippen LogP) is 4.45. The zero-order valence-electron chi connectivity index (χ0n) is 11.8. The summed E-state index contributed by atoms with van der Waals surface area (Å²) in [4.78, 5) is 11.7. The van der Waals surface area contributed by atoms with Crippen molar-refractivity contribution in [3.05, 3.63) is 60.1 Å². The molecule has 0 saturated carbocycles. The Hall–Kier alpha value is -2.29. The van der Waals surface area contributed by atoms with Crippen LogP contribution in [0.2, 0.25) is 0 Å². The van der Waals surface area contributed by atoms with E-state index in [1.54, 1.807) is 24.5 Å². The summed E-state index contributed by atoms with van der Waals surface area (Å²) < 4.78 is 5.12. The second-order valence-corrected chi connectivity index (χ2v) is 4.77. The molecule has 0 aliphatic heterocycles. The van der Waals surface area contributed by atoms with Crippen LogP contribution >= 0.6 is 0 Å². The van der Waals surface area contributed by atoms with Gasteiger partial charge in [-0.1, -0.05) is 26.0 Å². The topological polar surface area (TPSA) is 42.2 Å². The molecule has 0 fully saturated rings. The number of carbonyl (C=O) groups is 1. The molecular formula is C17H19NO2. The molecule has 1 amide bonds. The van der Waals surface area contributed by atoms with Gasteiger partial charge in [0, 0.05) is 11.8 Å². The highest BCUT2D eigenvalue weighted by atomic mass is 16.3. The third-order valence-corrected chi connectivity index (χ3v) is 3.30. The van der Waals surface area contributed by atoms with Crippen LogP contribution in [0, 0.1) is 0 Å². The van der Waals surface area contributed by atoms with Crippen LogP contribution < -0.4 is 5.32 Å². The number of amides is 1. The number of furan rings is 1.